The SMILES string of the molecule is O=C(O)C(CC1CCSC1)NC(=O)C(F)(F)F. The Bertz CT molecular complexity index is 302. The van der Waals surface area contributed by atoms with Crippen LogP contribution in [0.25, 0.3) is 0 Å². The van der Waals surface area contributed by atoms with Crippen LogP contribution in [0, 0.1) is 5.92 Å². The van der Waals surface area contributed by atoms with Crippen molar-refractivity contribution in [2.45, 2.75) is 25.1 Å². The summed E-state index contributed by atoms with van der Waals surface area (Å²) in [4.78, 5) is 21.4. The molecule has 0 saturated carbocycles. The summed E-state index contributed by atoms with van der Waals surface area (Å²) in [6, 6.07) is -1.46. The minimum atomic E-state index is -5.04. The number of carboxylic acids is 1. The molecule has 98 valence electrons. The first-order valence-corrected chi connectivity index (χ1v) is 6.14. The molecule has 1 amide bonds. The van der Waals surface area contributed by atoms with E-state index in [9.17, 15) is 22.8 Å². The number of amides is 1. The minimum Gasteiger partial charge on any atom is -0.480 e. The number of hydrogen-bond donors (Lipinski definition) is 2. The van der Waals surface area contributed by atoms with Gasteiger partial charge in [0.1, 0.15) is 6.04 Å². The highest BCUT2D eigenvalue weighted by Crippen LogP contribution is 2.27. The summed E-state index contributed by atoms with van der Waals surface area (Å²) in [6.07, 6.45) is -4.22. The number of thioether (sulfide) groups is 1. The Hall–Kier alpha value is -0.920. The van der Waals surface area contributed by atoms with Crippen LogP contribution < -0.4 is 5.32 Å². The first-order chi connectivity index (χ1) is 7.80. The maximum absolute atomic E-state index is 12.0. The highest BCUT2D eigenvalue weighted by atomic mass is 32.2. The van der Waals surface area contributed by atoms with E-state index in [4.69, 9.17) is 5.11 Å². The molecule has 8 heteroatoms. The third kappa shape index (κ3) is 4.45. The van der Waals surface area contributed by atoms with E-state index < -0.39 is 24.1 Å². The van der Waals surface area contributed by atoms with Gasteiger partial charge in [-0.15, -0.1) is 0 Å². The molecule has 1 heterocycles. The summed E-state index contributed by atoms with van der Waals surface area (Å²) >= 11 is 1.63. The zero-order chi connectivity index (χ0) is 13.1. The van der Waals surface area contributed by atoms with Crippen LogP contribution in [0.3, 0.4) is 0 Å². The fourth-order valence-corrected chi connectivity index (χ4v) is 2.87. The van der Waals surface area contributed by atoms with E-state index in [1.807, 2.05) is 0 Å². The number of carbonyl (C=O) groups excluding carboxylic acids is 1. The maximum atomic E-state index is 12.0. The van der Waals surface area contributed by atoms with Gasteiger partial charge in [-0.05, 0) is 30.3 Å². The normalized spacial score (nSPS) is 22.2. The van der Waals surface area contributed by atoms with Crippen molar-refractivity contribution < 1.29 is 27.9 Å². The number of halogens is 3. The zero-order valence-corrected chi connectivity index (χ0v) is 9.61. The Labute approximate surface area is 99.9 Å². The van der Waals surface area contributed by atoms with Gasteiger partial charge >= 0.3 is 18.1 Å². The van der Waals surface area contributed by atoms with Crippen LogP contribution >= 0.6 is 11.8 Å². The number of rotatable bonds is 4. The quantitative estimate of drug-likeness (QED) is 0.808. The summed E-state index contributed by atoms with van der Waals surface area (Å²) < 4.78 is 35.9. The van der Waals surface area contributed by atoms with E-state index in [-0.39, 0.29) is 12.3 Å². The minimum absolute atomic E-state index is 0.0458. The van der Waals surface area contributed by atoms with Crippen molar-refractivity contribution >= 4 is 23.6 Å². The third-order valence-corrected chi connectivity index (χ3v) is 3.69. The maximum Gasteiger partial charge on any atom is 0.471 e. The lowest BCUT2D eigenvalue weighted by Gasteiger charge is -2.18. The molecule has 0 spiro atoms. The van der Waals surface area contributed by atoms with Gasteiger partial charge in [-0.25, -0.2) is 4.79 Å². The van der Waals surface area contributed by atoms with Crippen molar-refractivity contribution in [2.24, 2.45) is 5.92 Å². The summed E-state index contributed by atoms with van der Waals surface area (Å²) in [5.41, 5.74) is 0. The second kappa shape index (κ2) is 5.61. The topological polar surface area (TPSA) is 66.4 Å². The predicted molar refractivity (Wildman–Crippen MR) is 55.7 cm³/mol. The van der Waals surface area contributed by atoms with Gasteiger partial charge in [0, 0.05) is 0 Å². The fourth-order valence-electron chi connectivity index (χ4n) is 1.56. The van der Waals surface area contributed by atoms with Crippen LogP contribution in [0.4, 0.5) is 13.2 Å². The van der Waals surface area contributed by atoms with Crippen molar-refractivity contribution in [1.82, 2.24) is 5.32 Å². The van der Waals surface area contributed by atoms with Crippen LogP contribution in [0.15, 0.2) is 0 Å². The lowest BCUT2D eigenvalue weighted by Crippen LogP contribution is -2.47. The van der Waals surface area contributed by atoms with Gasteiger partial charge in [-0.2, -0.15) is 24.9 Å². The monoisotopic (exact) mass is 271 g/mol. The molecule has 4 nitrogen and oxygen atoms in total. The van der Waals surface area contributed by atoms with E-state index in [1.165, 1.54) is 5.32 Å². The molecule has 0 bridgehead atoms. The third-order valence-electron chi connectivity index (χ3n) is 2.45. The molecular formula is C9H12F3NO3S. The van der Waals surface area contributed by atoms with Crippen molar-refractivity contribution in [1.29, 1.82) is 0 Å². The van der Waals surface area contributed by atoms with Crippen molar-refractivity contribution in [3.63, 3.8) is 0 Å². The molecular weight excluding hydrogens is 259 g/mol. The molecule has 2 atom stereocenters. The number of alkyl halides is 3. The fraction of sp³-hybridized carbons (Fsp3) is 0.778. The van der Waals surface area contributed by atoms with Crippen LogP contribution in [-0.4, -0.2) is 40.7 Å². The zero-order valence-electron chi connectivity index (χ0n) is 8.79. The summed E-state index contributed by atoms with van der Waals surface area (Å²) in [5, 5.41) is 10.3. The molecule has 0 aliphatic carbocycles. The Balaban J connectivity index is 2.54. The highest BCUT2D eigenvalue weighted by molar-refractivity contribution is 7.99. The number of aliphatic carboxylic acids is 1. The lowest BCUT2D eigenvalue weighted by atomic mass is 9.99. The molecule has 1 fully saturated rings. The Morgan fingerprint density at radius 2 is 2.12 bits per heavy atom. The molecule has 1 saturated heterocycles. The summed E-state index contributed by atoms with van der Waals surface area (Å²) in [5.74, 6) is -1.97. The van der Waals surface area contributed by atoms with Crippen LogP contribution in [0.1, 0.15) is 12.8 Å². The molecule has 2 unspecified atom stereocenters. The average Bonchev–Trinajstić information content (AvgIpc) is 2.67. The second-order valence-corrected chi connectivity index (χ2v) is 4.98. The molecule has 17 heavy (non-hydrogen) atoms. The summed E-state index contributed by atoms with van der Waals surface area (Å²) in [7, 11) is 0. The number of nitrogens with one attached hydrogen (secondary N) is 1. The smallest absolute Gasteiger partial charge is 0.471 e. The molecule has 1 aliphatic rings. The van der Waals surface area contributed by atoms with Gasteiger partial charge in [0.25, 0.3) is 0 Å². The number of hydrogen-bond acceptors (Lipinski definition) is 3. The Morgan fingerprint density at radius 3 is 2.53 bits per heavy atom. The Kier molecular flexibility index (Phi) is 4.67. The van der Waals surface area contributed by atoms with Gasteiger partial charge in [0.15, 0.2) is 0 Å². The largest absolute Gasteiger partial charge is 0.480 e. The van der Waals surface area contributed by atoms with Gasteiger partial charge < -0.3 is 10.4 Å². The van der Waals surface area contributed by atoms with Crippen molar-refractivity contribution in [3.05, 3.63) is 0 Å². The summed E-state index contributed by atoms with van der Waals surface area (Å²) in [6.45, 7) is 0. The van der Waals surface area contributed by atoms with E-state index in [0.717, 1.165) is 17.9 Å². The first-order valence-electron chi connectivity index (χ1n) is 4.99. The van der Waals surface area contributed by atoms with Gasteiger partial charge in [-0.3, -0.25) is 4.79 Å². The van der Waals surface area contributed by atoms with Gasteiger partial charge in [-0.1, -0.05) is 0 Å². The molecule has 0 radical (unpaired) electrons. The van der Waals surface area contributed by atoms with E-state index in [1.54, 1.807) is 11.8 Å². The second-order valence-electron chi connectivity index (χ2n) is 3.83. The number of carboxylic acid groups (broad SMARTS) is 1. The standard InChI is InChI=1S/C9H12F3NO3S/c10-9(11,12)8(16)13-6(7(14)15)3-5-1-2-17-4-5/h5-6H,1-4H2,(H,13,16)(H,14,15). The van der Waals surface area contributed by atoms with Crippen molar-refractivity contribution in [2.75, 3.05) is 11.5 Å². The lowest BCUT2D eigenvalue weighted by molar-refractivity contribution is -0.175. The molecule has 0 aromatic heterocycles. The highest BCUT2D eigenvalue weighted by Gasteiger charge is 2.41. The molecule has 1 aliphatic heterocycles. The molecule has 1 rings (SSSR count). The van der Waals surface area contributed by atoms with E-state index >= 15 is 0 Å². The van der Waals surface area contributed by atoms with Crippen LogP contribution in [0.5, 0.6) is 0 Å². The molecule has 0 aromatic rings. The van der Waals surface area contributed by atoms with E-state index in [2.05, 4.69) is 0 Å². The van der Waals surface area contributed by atoms with Gasteiger partial charge in [0.2, 0.25) is 0 Å². The predicted octanol–water partition coefficient (Wildman–Crippen LogP) is 1.26. The molecule has 0 aromatic carbocycles. The number of carbonyl (C=O) groups is 2. The first kappa shape index (κ1) is 14.1. The Morgan fingerprint density at radius 1 is 1.47 bits per heavy atom. The van der Waals surface area contributed by atoms with Crippen LogP contribution in [0.2, 0.25) is 0 Å². The van der Waals surface area contributed by atoms with Crippen molar-refractivity contribution in [3.8, 4) is 0 Å². The van der Waals surface area contributed by atoms with Crippen LogP contribution in [-0.2, 0) is 9.59 Å². The van der Waals surface area contributed by atoms with Gasteiger partial charge in [0.05, 0.1) is 0 Å². The van der Waals surface area contributed by atoms with E-state index in [0.29, 0.717) is 0 Å². The average molecular weight is 271 g/mol. The molecule has 2 N–H and O–H groups in total.